The molecule has 3 N–H and O–H groups in total. The lowest BCUT2D eigenvalue weighted by atomic mass is 10.0. The summed E-state index contributed by atoms with van der Waals surface area (Å²) in [6, 6.07) is 8.96. The van der Waals surface area contributed by atoms with Gasteiger partial charge in [0.1, 0.15) is 0 Å². The van der Waals surface area contributed by atoms with Crippen LogP contribution < -0.4 is 5.32 Å². The fraction of sp³-hybridized carbons (Fsp3) is 0.467. The molecule has 0 aliphatic heterocycles. The minimum atomic E-state index is 0.310. The number of hydrogen-bond donors (Lipinski definition) is 3. The maximum atomic E-state index is 9.33. The molecular formula is C15H20N2O. The molecule has 3 heteroatoms. The molecule has 1 heterocycles. The highest BCUT2D eigenvalue weighted by molar-refractivity contribution is 5.82. The van der Waals surface area contributed by atoms with Gasteiger partial charge in [0, 0.05) is 30.9 Å². The SMILES string of the molecule is OCC1CCCC1NCc1cccc2cc[nH]c12. The van der Waals surface area contributed by atoms with Crippen molar-refractivity contribution in [3.8, 4) is 0 Å². The fourth-order valence-corrected chi connectivity index (χ4v) is 3.06. The molecule has 2 unspecified atom stereocenters. The lowest BCUT2D eigenvalue weighted by molar-refractivity contribution is 0.205. The molecule has 1 aromatic carbocycles. The van der Waals surface area contributed by atoms with E-state index in [0.717, 1.165) is 13.0 Å². The van der Waals surface area contributed by atoms with Crippen LogP contribution in [0.5, 0.6) is 0 Å². The molecule has 0 spiro atoms. The van der Waals surface area contributed by atoms with Gasteiger partial charge in [0.25, 0.3) is 0 Å². The maximum Gasteiger partial charge on any atom is 0.0499 e. The van der Waals surface area contributed by atoms with E-state index in [1.807, 2.05) is 6.20 Å². The fourth-order valence-electron chi connectivity index (χ4n) is 3.06. The number of nitrogens with one attached hydrogen (secondary N) is 2. The Labute approximate surface area is 107 Å². The van der Waals surface area contributed by atoms with Crippen LogP contribution >= 0.6 is 0 Å². The molecule has 1 aromatic heterocycles. The molecule has 0 amide bonds. The van der Waals surface area contributed by atoms with E-state index in [9.17, 15) is 5.11 Å². The largest absolute Gasteiger partial charge is 0.396 e. The first-order chi connectivity index (χ1) is 8.88. The minimum absolute atomic E-state index is 0.310. The average molecular weight is 244 g/mol. The quantitative estimate of drug-likeness (QED) is 0.773. The van der Waals surface area contributed by atoms with E-state index in [0.29, 0.717) is 18.6 Å². The van der Waals surface area contributed by atoms with Gasteiger partial charge in [-0.25, -0.2) is 0 Å². The van der Waals surface area contributed by atoms with Crippen LogP contribution in [-0.4, -0.2) is 22.7 Å². The molecule has 0 radical (unpaired) electrons. The number of H-pyrrole nitrogens is 1. The van der Waals surface area contributed by atoms with E-state index in [-0.39, 0.29) is 0 Å². The molecule has 0 saturated heterocycles. The summed E-state index contributed by atoms with van der Waals surface area (Å²) < 4.78 is 0. The van der Waals surface area contributed by atoms with Crippen LogP contribution in [0.2, 0.25) is 0 Å². The Balaban J connectivity index is 1.71. The van der Waals surface area contributed by atoms with Crippen LogP contribution in [0, 0.1) is 5.92 Å². The Bertz CT molecular complexity index is 520. The Morgan fingerprint density at radius 1 is 1.28 bits per heavy atom. The predicted molar refractivity (Wildman–Crippen MR) is 73.4 cm³/mol. The van der Waals surface area contributed by atoms with Crippen molar-refractivity contribution in [3.63, 3.8) is 0 Å². The number of aromatic nitrogens is 1. The first-order valence-corrected chi connectivity index (χ1v) is 6.77. The van der Waals surface area contributed by atoms with Crippen molar-refractivity contribution in [1.29, 1.82) is 0 Å². The Kier molecular flexibility index (Phi) is 3.35. The van der Waals surface area contributed by atoms with Gasteiger partial charge in [-0.1, -0.05) is 24.6 Å². The molecule has 96 valence electrons. The van der Waals surface area contributed by atoms with Crippen LogP contribution in [0.4, 0.5) is 0 Å². The van der Waals surface area contributed by atoms with Crippen molar-refractivity contribution in [2.24, 2.45) is 5.92 Å². The van der Waals surface area contributed by atoms with Crippen LogP contribution in [-0.2, 0) is 6.54 Å². The standard InChI is InChI=1S/C15H20N2O/c18-10-13-5-2-6-14(13)17-9-12-4-1-3-11-7-8-16-15(11)12/h1,3-4,7-8,13-14,16-18H,2,5-6,9-10H2. The number of benzene rings is 1. The molecular weight excluding hydrogens is 224 g/mol. The van der Waals surface area contributed by atoms with Crippen molar-refractivity contribution < 1.29 is 5.11 Å². The third-order valence-electron chi connectivity index (χ3n) is 4.12. The van der Waals surface area contributed by atoms with Gasteiger partial charge < -0.3 is 15.4 Å². The molecule has 1 aliphatic carbocycles. The second-order valence-corrected chi connectivity index (χ2v) is 5.22. The van der Waals surface area contributed by atoms with E-state index >= 15 is 0 Å². The number of aliphatic hydroxyl groups is 1. The van der Waals surface area contributed by atoms with Crippen molar-refractivity contribution in [1.82, 2.24) is 10.3 Å². The lowest BCUT2D eigenvalue weighted by Crippen LogP contribution is -2.33. The van der Waals surface area contributed by atoms with Gasteiger partial charge in [-0.2, -0.15) is 0 Å². The van der Waals surface area contributed by atoms with E-state index in [4.69, 9.17) is 0 Å². The zero-order valence-corrected chi connectivity index (χ0v) is 10.5. The summed E-state index contributed by atoms with van der Waals surface area (Å²) in [6.07, 6.45) is 5.56. The number of fused-ring (bicyclic) bond motifs is 1. The first kappa shape index (κ1) is 11.8. The van der Waals surface area contributed by atoms with E-state index in [1.54, 1.807) is 0 Å². The third kappa shape index (κ3) is 2.16. The second kappa shape index (κ2) is 5.12. The van der Waals surface area contributed by atoms with E-state index in [2.05, 4.69) is 34.6 Å². The molecule has 1 fully saturated rings. The molecule has 1 saturated carbocycles. The van der Waals surface area contributed by atoms with Crippen LogP contribution in [0.1, 0.15) is 24.8 Å². The molecule has 3 rings (SSSR count). The monoisotopic (exact) mass is 244 g/mol. The topological polar surface area (TPSA) is 48.0 Å². The van der Waals surface area contributed by atoms with Crippen molar-refractivity contribution in [3.05, 3.63) is 36.0 Å². The summed E-state index contributed by atoms with van der Waals surface area (Å²) in [4.78, 5) is 3.30. The minimum Gasteiger partial charge on any atom is -0.396 e. The normalized spacial score (nSPS) is 23.8. The van der Waals surface area contributed by atoms with E-state index in [1.165, 1.54) is 29.3 Å². The highest BCUT2D eigenvalue weighted by atomic mass is 16.3. The van der Waals surface area contributed by atoms with Crippen LogP contribution in [0.3, 0.4) is 0 Å². The lowest BCUT2D eigenvalue weighted by Gasteiger charge is -2.19. The smallest absolute Gasteiger partial charge is 0.0499 e. The Morgan fingerprint density at radius 3 is 3.11 bits per heavy atom. The van der Waals surface area contributed by atoms with Crippen LogP contribution in [0.25, 0.3) is 10.9 Å². The number of rotatable bonds is 4. The maximum absolute atomic E-state index is 9.33. The van der Waals surface area contributed by atoms with Crippen molar-refractivity contribution in [2.45, 2.75) is 31.8 Å². The summed E-state index contributed by atoms with van der Waals surface area (Å²) in [6.45, 7) is 1.18. The summed E-state index contributed by atoms with van der Waals surface area (Å²) in [5, 5.41) is 14.2. The average Bonchev–Trinajstić information content (AvgIpc) is 3.04. The number of aromatic amines is 1. The number of hydrogen-bond acceptors (Lipinski definition) is 2. The molecule has 2 atom stereocenters. The summed E-state index contributed by atoms with van der Waals surface area (Å²) >= 11 is 0. The number of para-hydroxylation sites is 1. The summed E-state index contributed by atoms with van der Waals surface area (Å²) in [5.41, 5.74) is 2.53. The highest BCUT2D eigenvalue weighted by Gasteiger charge is 2.25. The van der Waals surface area contributed by atoms with Crippen molar-refractivity contribution in [2.75, 3.05) is 6.61 Å². The van der Waals surface area contributed by atoms with Gasteiger partial charge in [-0.15, -0.1) is 0 Å². The first-order valence-electron chi connectivity index (χ1n) is 6.77. The third-order valence-corrected chi connectivity index (χ3v) is 4.12. The Hall–Kier alpha value is -1.32. The Morgan fingerprint density at radius 2 is 2.22 bits per heavy atom. The zero-order chi connectivity index (χ0) is 12.4. The number of aliphatic hydroxyl groups excluding tert-OH is 1. The summed E-state index contributed by atoms with van der Waals surface area (Å²) in [7, 11) is 0. The van der Waals surface area contributed by atoms with Gasteiger partial charge in [-0.05, 0) is 35.8 Å². The van der Waals surface area contributed by atoms with Gasteiger partial charge >= 0.3 is 0 Å². The molecule has 1 aliphatic rings. The van der Waals surface area contributed by atoms with Gasteiger partial charge in [0.2, 0.25) is 0 Å². The summed E-state index contributed by atoms with van der Waals surface area (Å²) in [5.74, 6) is 0.438. The second-order valence-electron chi connectivity index (χ2n) is 5.22. The molecule has 2 aromatic rings. The van der Waals surface area contributed by atoms with Crippen LogP contribution in [0.15, 0.2) is 30.5 Å². The predicted octanol–water partition coefficient (Wildman–Crippen LogP) is 2.42. The molecule has 18 heavy (non-hydrogen) atoms. The zero-order valence-electron chi connectivity index (χ0n) is 10.5. The molecule has 0 bridgehead atoms. The van der Waals surface area contributed by atoms with Gasteiger partial charge in [0.05, 0.1) is 0 Å². The van der Waals surface area contributed by atoms with Gasteiger partial charge in [0.15, 0.2) is 0 Å². The highest BCUT2D eigenvalue weighted by Crippen LogP contribution is 2.26. The van der Waals surface area contributed by atoms with Crippen molar-refractivity contribution >= 4 is 10.9 Å². The molecule has 3 nitrogen and oxygen atoms in total. The van der Waals surface area contributed by atoms with E-state index < -0.39 is 0 Å². The van der Waals surface area contributed by atoms with Gasteiger partial charge in [-0.3, -0.25) is 0 Å².